The number of nitrogens with zero attached hydrogens (tertiary/aromatic N) is 1. The first-order chi connectivity index (χ1) is 13.1. The molecule has 1 saturated carbocycles. The summed E-state index contributed by atoms with van der Waals surface area (Å²) in [6.07, 6.45) is 13.5. The van der Waals surface area contributed by atoms with Crippen molar-refractivity contribution >= 4 is 11.8 Å². The third kappa shape index (κ3) is 4.54. The molecule has 4 atom stereocenters. The quantitative estimate of drug-likeness (QED) is 0.652. The Morgan fingerprint density at radius 1 is 1.33 bits per heavy atom. The zero-order valence-electron chi connectivity index (χ0n) is 16.7. The number of fused-ring (bicyclic) bond motifs is 2. The number of rotatable bonds is 3. The first-order valence-electron chi connectivity index (χ1n) is 10.8. The standard InChI is InChI=1S/C21H36N4O2/c1-23-20(27)21-14-17(21)9-6-4-2-3-5-8-16(11-12-22)19(26)25-13-7-10-18(25)15-24-21/h6,9,16-18,24H,2-5,7-8,10-15,22H2,1H3,(H,23,27)/b9-6-. The lowest BCUT2D eigenvalue weighted by Gasteiger charge is -2.30. The van der Waals surface area contributed by atoms with Gasteiger partial charge in [-0.2, -0.15) is 0 Å². The maximum absolute atomic E-state index is 13.2. The number of amides is 2. The highest BCUT2D eigenvalue weighted by atomic mass is 16.2. The van der Waals surface area contributed by atoms with Crippen molar-refractivity contribution in [2.24, 2.45) is 17.6 Å². The molecule has 1 saturated heterocycles. The summed E-state index contributed by atoms with van der Waals surface area (Å²) in [7, 11) is 1.70. The van der Waals surface area contributed by atoms with Crippen LogP contribution in [0.15, 0.2) is 12.2 Å². The van der Waals surface area contributed by atoms with E-state index in [4.69, 9.17) is 5.73 Å². The van der Waals surface area contributed by atoms with Crippen molar-refractivity contribution in [3.05, 3.63) is 12.2 Å². The van der Waals surface area contributed by atoms with Gasteiger partial charge >= 0.3 is 0 Å². The van der Waals surface area contributed by atoms with Gasteiger partial charge in [0.05, 0.1) is 0 Å². The number of carbonyl (C=O) groups is 2. The number of hydrogen-bond acceptors (Lipinski definition) is 4. The summed E-state index contributed by atoms with van der Waals surface area (Å²) in [5.74, 6) is 0.661. The topological polar surface area (TPSA) is 87.5 Å². The molecule has 4 N–H and O–H groups in total. The number of likely N-dealkylation sites (N-methyl/N-ethyl adjacent to an activating group) is 1. The molecule has 0 radical (unpaired) electrons. The number of nitrogens with one attached hydrogen (secondary N) is 2. The van der Waals surface area contributed by atoms with E-state index < -0.39 is 5.54 Å². The Bertz CT molecular complexity index is 564. The van der Waals surface area contributed by atoms with E-state index in [2.05, 4.69) is 27.7 Å². The molecule has 3 aliphatic rings. The van der Waals surface area contributed by atoms with E-state index >= 15 is 0 Å². The zero-order chi connectivity index (χ0) is 19.3. The molecule has 152 valence electrons. The van der Waals surface area contributed by atoms with Crippen molar-refractivity contribution in [3.8, 4) is 0 Å². The van der Waals surface area contributed by atoms with Crippen LogP contribution in [-0.2, 0) is 9.59 Å². The van der Waals surface area contributed by atoms with Crippen LogP contribution < -0.4 is 16.4 Å². The minimum atomic E-state index is -0.487. The van der Waals surface area contributed by atoms with Gasteiger partial charge in [0.1, 0.15) is 5.54 Å². The van der Waals surface area contributed by atoms with Crippen molar-refractivity contribution < 1.29 is 9.59 Å². The zero-order valence-corrected chi connectivity index (χ0v) is 16.7. The van der Waals surface area contributed by atoms with Gasteiger partial charge in [0.25, 0.3) is 0 Å². The predicted octanol–water partition coefficient (Wildman–Crippen LogP) is 1.56. The van der Waals surface area contributed by atoms with Crippen molar-refractivity contribution in [1.82, 2.24) is 15.5 Å². The van der Waals surface area contributed by atoms with Crippen LogP contribution in [0.1, 0.15) is 57.8 Å². The van der Waals surface area contributed by atoms with Gasteiger partial charge in [0.15, 0.2) is 0 Å². The van der Waals surface area contributed by atoms with Gasteiger partial charge in [-0.25, -0.2) is 0 Å². The number of nitrogens with two attached hydrogens (primary N) is 1. The van der Waals surface area contributed by atoms with Crippen molar-refractivity contribution in [2.75, 3.05) is 26.7 Å². The van der Waals surface area contributed by atoms with Crippen LogP contribution in [0.3, 0.4) is 0 Å². The molecule has 0 aromatic heterocycles. The van der Waals surface area contributed by atoms with Gasteiger partial charge in [0.2, 0.25) is 11.8 Å². The molecular formula is C21H36N4O2. The summed E-state index contributed by atoms with van der Waals surface area (Å²) in [6, 6.07) is 0.190. The molecule has 2 heterocycles. The fourth-order valence-electron chi connectivity index (χ4n) is 4.84. The Labute approximate surface area is 163 Å². The van der Waals surface area contributed by atoms with Crippen LogP contribution in [0.25, 0.3) is 0 Å². The van der Waals surface area contributed by atoms with Crippen LogP contribution in [0.5, 0.6) is 0 Å². The van der Waals surface area contributed by atoms with E-state index in [0.29, 0.717) is 13.1 Å². The highest BCUT2D eigenvalue weighted by Crippen LogP contribution is 2.45. The van der Waals surface area contributed by atoms with Gasteiger partial charge in [-0.05, 0) is 51.5 Å². The second-order valence-electron chi connectivity index (χ2n) is 8.41. The lowest BCUT2D eigenvalue weighted by Crippen LogP contribution is -2.52. The molecule has 6 nitrogen and oxygen atoms in total. The Morgan fingerprint density at radius 3 is 2.96 bits per heavy atom. The average Bonchev–Trinajstić information content (AvgIpc) is 3.18. The van der Waals surface area contributed by atoms with E-state index in [1.165, 1.54) is 0 Å². The Kier molecular flexibility index (Phi) is 6.93. The summed E-state index contributed by atoms with van der Waals surface area (Å²) in [5, 5.41) is 6.37. The smallest absolute Gasteiger partial charge is 0.240 e. The van der Waals surface area contributed by atoms with E-state index in [9.17, 15) is 9.59 Å². The van der Waals surface area contributed by atoms with Crippen molar-refractivity contribution in [2.45, 2.75) is 69.4 Å². The van der Waals surface area contributed by atoms with Gasteiger partial charge in [-0.15, -0.1) is 0 Å². The first-order valence-corrected chi connectivity index (χ1v) is 10.8. The fourth-order valence-corrected chi connectivity index (χ4v) is 4.84. The molecule has 0 aromatic carbocycles. The molecular weight excluding hydrogens is 340 g/mol. The van der Waals surface area contributed by atoms with E-state index in [0.717, 1.165) is 64.3 Å². The number of allylic oxidation sites excluding steroid dienone is 1. The third-order valence-electron chi connectivity index (χ3n) is 6.62. The summed E-state index contributed by atoms with van der Waals surface area (Å²) >= 11 is 0. The normalized spacial score (nSPS) is 36.1. The van der Waals surface area contributed by atoms with Gasteiger partial charge in [-0.3, -0.25) is 9.59 Å². The Hall–Kier alpha value is -1.40. The van der Waals surface area contributed by atoms with E-state index in [1.807, 2.05) is 0 Å². The van der Waals surface area contributed by atoms with Crippen LogP contribution in [-0.4, -0.2) is 55.0 Å². The second kappa shape index (κ2) is 9.20. The molecule has 0 aromatic rings. The predicted molar refractivity (Wildman–Crippen MR) is 107 cm³/mol. The maximum Gasteiger partial charge on any atom is 0.240 e. The molecule has 2 aliphatic heterocycles. The highest BCUT2D eigenvalue weighted by molar-refractivity contribution is 5.90. The molecule has 2 fully saturated rings. The average molecular weight is 377 g/mol. The van der Waals surface area contributed by atoms with Gasteiger partial charge in [0, 0.05) is 38.0 Å². The molecule has 0 spiro atoms. The summed E-state index contributed by atoms with van der Waals surface area (Å²) in [4.78, 5) is 27.8. The van der Waals surface area contributed by atoms with E-state index in [1.54, 1.807) is 7.05 Å². The largest absolute Gasteiger partial charge is 0.358 e. The summed E-state index contributed by atoms with van der Waals surface area (Å²) in [5.41, 5.74) is 5.31. The maximum atomic E-state index is 13.2. The molecule has 3 rings (SSSR count). The highest BCUT2D eigenvalue weighted by Gasteiger charge is 2.58. The molecule has 2 amide bonds. The molecule has 0 bridgehead atoms. The lowest BCUT2D eigenvalue weighted by atomic mass is 9.95. The van der Waals surface area contributed by atoms with Crippen molar-refractivity contribution in [1.29, 1.82) is 0 Å². The van der Waals surface area contributed by atoms with Crippen LogP contribution in [0.4, 0.5) is 0 Å². The first kappa shape index (κ1) is 20.3. The van der Waals surface area contributed by atoms with Gasteiger partial charge in [-0.1, -0.05) is 25.0 Å². The third-order valence-corrected chi connectivity index (χ3v) is 6.62. The minimum absolute atomic E-state index is 0.0536. The second-order valence-corrected chi connectivity index (χ2v) is 8.41. The summed E-state index contributed by atoms with van der Waals surface area (Å²) < 4.78 is 0. The Morgan fingerprint density at radius 2 is 2.19 bits per heavy atom. The molecule has 27 heavy (non-hydrogen) atoms. The summed E-state index contributed by atoms with van der Waals surface area (Å²) in [6.45, 7) is 2.10. The monoisotopic (exact) mass is 376 g/mol. The van der Waals surface area contributed by atoms with Crippen LogP contribution >= 0.6 is 0 Å². The lowest BCUT2D eigenvalue weighted by molar-refractivity contribution is -0.136. The molecule has 1 aliphatic carbocycles. The van der Waals surface area contributed by atoms with Gasteiger partial charge < -0.3 is 21.3 Å². The number of hydrogen-bond donors (Lipinski definition) is 3. The Balaban J connectivity index is 1.75. The van der Waals surface area contributed by atoms with Crippen LogP contribution in [0.2, 0.25) is 0 Å². The van der Waals surface area contributed by atoms with E-state index in [-0.39, 0.29) is 29.7 Å². The molecule has 4 unspecified atom stereocenters. The minimum Gasteiger partial charge on any atom is -0.358 e. The number of carbonyl (C=O) groups excluding carboxylic acids is 2. The van der Waals surface area contributed by atoms with Crippen LogP contribution in [0, 0.1) is 11.8 Å². The molecule has 6 heteroatoms. The fraction of sp³-hybridized carbons (Fsp3) is 0.810. The van der Waals surface area contributed by atoms with Crippen molar-refractivity contribution in [3.63, 3.8) is 0 Å². The SMILES string of the molecule is CNC(=O)C12CC1/C=C\CCCCCC(CCN)C(=O)N1CCCC1CN2.